The molecule has 22 heavy (non-hydrogen) atoms. The highest BCUT2D eigenvalue weighted by molar-refractivity contribution is 14.0. The number of benzene rings is 1. The lowest BCUT2D eigenvalue weighted by Gasteiger charge is -2.12. The van der Waals surface area contributed by atoms with Crippen LogP contribution in [0.15, 0.2) is 34.3 Å². The van der Waals surface area contributed by atoms with E-state index in [0.717, 1.165) is 22.5 Å². The van der Waals surface area contributed by atoms with Crippen molar-refractivity contribution < 1.29 is 9.47 Å². The highest BCUT2D eigenvalue weighted by atomic mass is 127. The highest BCUT2D eigenvalue weighted by Gasteiger charge is 2.10. The fourth-order valence-electron chi connectivity index (χ4n) is 1.74. The Labute approximate surface area is 157 Å². The molecule has 124 valence electrons. The van der Waals surface area contributed by atoms with Crippen LogP contribution >= 0.6 is 39.9 Å². The van der Waals surface area contributed by atoms with Gasteiger partial charge in [0.2, 0.25) is 0 Å². The van der Waals surface area contributed by atoms with E-state index in [1.54, 1.807) is 20.3 Å². The Morgan fingerprint density at radius 2 is 2.05 bits per heavy atom. The van der Waals surface area contributed by atoms with Gasteiger partial charge in [-0.3, -0.25) is 0 Å². The maximum atomic E-state index is 5.33. The molecule has 7 heteroatoms. The van der Waals surface area contributed by atoms with Crippen LogP contribution in [0.1, 0.15) is 12.5 Å². The van der Waals surface area contributed by atoms with Gasteiger partial charge in [0.1, 0.15) is 0 Å². The van der Waals surface area contributed by atoms with Gasteiger partial charge in [-0.05, 0) is 40.5 Å². The van der Waals surface area contributed by atoms with Crippen molar-refractivity contribution in [3.05, 3.63) is 34.8 Å². The van der Waals surface area contributed by atoms with Crippen LogP contribution in [0.2, 0.25) is 0 Å². The van der Waals surface area contributed by atoms with Gasteiger partial charge < -0.3 is 20.1 Å². The first-order valence-corrected chi connectivity index (χ1v) is 7.49. The number of rotatable bonds is 7. The summed E-state index contributed by atoms with van der Waals surface area (Å²) in [6.45, 7) is 7.71. The molecule has 1 aromatic rings. The molecule has 0 amide bonds. The summed E-state index contributed by atoms with van der Waals surface area (Å²) in [5, 5.41) is 6.34. The van der Waals surface area contributed by atoms with Crippen molar-refractivity contribution in [1.82, 2.24) is 10.6 Å². The van der Waals surface area contributed by atoms with Crippen LogP contribution in [0, 0.1) is 0 Å². The van der Waals surface area contributed by atoms with Gasteiger partial charge in [0.15, 0.2) is 17.5 Å². The Hall–Kier alpha value is -0.960. The third-order valence-corrected chi connectivity index (χ3v) is 3.26. The summed E-state index contributed by atoms with van der Waals surface area (Å²) in [6.07, 6.45) is 1.79. The zero-order valence-electron chi connectivity index (χ0n) is 13.1. The molecule has 0 spiro atoms. The van der Waals surface area contributed by atoms with Crippen molar-refractivity contribution in [2.45, 2.75) is 13.5 Å². The van der Waals surface area contributed by atoms with Crippen LogP contribution in [0.25, 0.3) is 0 Å². The molecule has 0 atom stereocenters. The highest BCUT2D eigenvalue weighted by Crippen LogP contribution is 2.36. The number of hydrogen-bond acceptors (Lipinski definition) is 3. The van der Waals surface area contributed by atoms with E-state index in [-0.39, 0.29) is 24.0 Å². The number of hydrogen-bond donors (Lipinski definition) is 2. The topological polar surface area (TPSA) is 54.9 Å². The minimum absolute atomic E-state index is 0. The standard InChI is InChI=1S/C15H22BrN3O2.HI/c1-5-7-18-15(17-6-2)19-10-11-8-12(16)14(21-4)13(9-11)20-3;/h5,8-9H,1,6-7,10H2,2-4H3,(H2,17,18,19);1H. The van der Waals surface area contributed by atoms with Crippen molar-refractivity contribution in [3.63, 3.8) is 0 Å². The first-order valence-electron chi connectivity index (χ1n) is 6.69. The van der Waals surface area contributed by atoms with E-state index >= 15 is 0 Å². The average Bonchev–Trinajstić information content (AvgIpc) is 2.49. The number of guanidine groups is 1. The van der Waals surface area contributed by atoms with E-state index in [9.17, 15) is 0 Å². The molecular weight excluding hydrogens is 461 g/mol. The quantitative estimate of drug-likeness (QED) is 0.270. The average molecular weight is 484 g/mol. The van der Waals surface area contributed by atoms with Crippen LogP contribution in [0.5, 0.6) is 11.5 Å². The maximum absolute atomic E-state index is 5.33. The Kier molecular flexibility index (Phi) is 11.1. The molecule has 1 aromatic carbocycles. The minimum Gasteiger partial charge on any atom is -0.493 e. The smallest absolute Gasteiger partial charge is 0.191 e. The third kappa shape index (κ3) is 6.43. The zero-order valence-corrected chi connectivity index (χ0v) is 17.0. The van der Waals surface area contributed by atoms with E-state index in [1.807, 2.05) is 19.1 Å². The summed E-state index contributed by atoms with van der Waals surface area (Å²) < 4.78 is 11.5. The largest absolute Gasteiger partial charge is 0.493 e. The van der Waals surface area contributed by atoms with Gasteiger partial charge in [0.05, 0.1) is 25.2 Å². The molecule has 0 saturated heterocycles. The lowest BCUT2D eigenvalue weighted by Crippen LogP contribution is -2.37. The summed E-state index contributed by atoms with van der Waals surface area (Å²) >= 11 is 3.48. The Bertz CT molecular complexity index is 510. The van der Waals surface area contributed by atoms with Gasteiger partial charge in [0, 0.05) is 13.1 Å². The van der Waals surface area contributed by atoms with Gasteiger partial charge in [-0.25, -0.2) is 4.99 Å². The lowest BCUT2D eigenvalue weighted by atomic mass is 10.2. The molecule has 0 fully saturated rings. The first-order chi connectivity index (χ1) is 10.2. The summed E-state index contributed by atoms with van der Waals surface area (Å²) in [4.78, 5) is 4.52. The number of nitrogens with one attached hydrogen (secondary N) is 2. The molecule has 0 aliphatic carbocycles. The zero-order chi connectivity index (χ0) is 15.7. The molecular formula is C15H23BrIN3O2. The summed E-state index contributed by atoms with van der Waals surface area (Å²) in [6, 6.07) is 3.89. The number of aliphatic imine (C=N–C) groups is 1. The summed E-state index contributed by atoms with van der Waals surface area (Å²) in [5.74, 6) is 2.12. The fourth-order valence-corrected chi connectivity index (χ4v) is 2.39. The number of halogens is 2. The van der Waals surface area contributed by atoms with Gasteiger partial charge >= 0.3 is 0 Å². The van der Waals surface area contributed by atoms with Crippen molar-refractivity contribution in [2.24, 2.45) is 4.99 Å². The minimum atomic E-state index is 0. The molecule has 0 heterocycles. The van der Waals surface area contributed by atoms with Crippen molar-refractivity contribution in [3.8, 4) is 11.5 Å². The normalized spacial score (nSPS) is 10.5. The predicted octanol–water partition coefficient (Wildman–Crippen LogP) is 3.33. The van der Waals surface area contributed by atoms with Crippen molar-refractivity contribution >= 4 is 45.9 Å². The monoisotopic (exact) mass is 483 g/mol. The molecule has 0 aliphatic rings. The van der Waals surface area contributed by atoms with E-state index in [0.29, 0.717) is 24.6 Å². The number of methoxy groups -OCH3 is 2. The van der Waals surface area contributed by atoms with Crippen molar-refractivity contribution in [1.29, 1.82) is 0 Å². The SMILES string of the molecule is C=CCNC(=NCc1cc(Br)c(OC)c(OC)c1)NCC.I. The Morgan fingerprint density at radius 3 is 2.59 bits per heavy atom. The molecule has 0 unspecified atom stereocenters. The number of ether oxygens (including phenoxy) is 2. The molecule has 0 aliphatic heterocycles. The first kappa shape index (κ1) is 21.0. The predicted molar refractivity (Wildman–Crippen MR) is 106 cm³/mol. The molecule has 2 N–H and O–H groups in total. The maximum Gasteiger partial charge on any atom is 0.191 e. The van der Waals surface area contributed by atoms with Crippen LogP contribution in [-0.2, 0) is 6.54 Å². The second-order valence-corrected chi connectivity index (χ2v) is 5.03. The van der Waals surface area contributed by atoms with Crippen LogP contribution < -0.4 is 20.1 Å². The molecule has 0 aromatic heterocycles. The Balaban J connectivity index is 0.00000441. The van der Waals surface area contributed by atoms with E-state index < -0.39 is 0 Å². The van der Waals surface area contributed by atoms with Gasteiger partial charge in [-0.1, -0.05) is 6.08 Å². The van der Waals surface area contributed by atoms with Gasteiger partial charge in [-0.15, -0.1) is 30.6 Å². The number of nitrogens with zero attached hydrogens (tertiary/aromatic N) is 1. The van der Waals surface area contributed by atoms with Gasteiger partial charge in [-0.2, -0.15) is 0 Å². The molecule has 0 saturated carbocycles. The van der Waals surface area contributed by atoms with E-state index in [4.69, 9.17) is 9.47 Å². The fraction of sp³-hybridized carbons (Fsp3) is 0.400. The third-order valence-electron chi connectivity index (χ3n) is 2.67. The van der Waals surface area contributed by atoms with Crippen LogP contribution in [0.4, 0.5) is 0 Å². The van der Waals surface area contributed by atoms with Crippen molar-refractivity contribution in [2.75, 3.05) is 27.3 Å². The molecule has 0 bridgehead atoms. The Morgan fingerprint density at radius 1 is 1.32 bits per heavy atom. The molecule has 5 nitrogen and oxygen atoms in total. The molecule has 1 rings (SSSR count). The summed E-state index contributed by atoms with van der Waals surface area (Å²) in [7, 11) is 3.23. The second-order valence-electron chi connectivity index (χ2n) is 4.18. The van der Waals surface area contributed by atoms with E-state index in [1.165, 1.54) is 0 Å². The molecule has 0 radical (unpaired) electrons. The van der Waals surface area contributed by atoms with Crippen LogP contribution in [-0.4, -0.2) is 33.3 Å². The lowest BCUT2D eigenvalue weighted by molar-refractivity contribution is 0.352. The van der Waals surface area contributed by atoms with Crippen LogP contribution in [0.3, 0.4) is 0 Å². The second kappa shape index (κ2) is 11.6. The van der Waals surface area contributed by atoms with E-state index in [2.05, 4.69) is 38.1 Å². The summed E-state index contributed by atoms with van der Waals surface area (Å²) in [5.41, 5.74) is 1.02. The van der Waals surface area contributed by atoms with Gasteiger partial charge in [0.25, 0.3) is 0 Å².